The van der Waals surface area contributed by atoms with Crippen LogP contribution in [0.25, 0.3) is 0 Å². The quantitative estimate of drug-likeness (QED) is 0.172. The summed E-state index contributed by atoms with van der Waals surface area (Å²) in [7, 11) is 0. The number of piperidine rings is 3. The van der Waals surface area contributed by atoms with E-state index in [-0.39, 0.29) is 55.0 Å². The van der Waals surface area contributed by atoms with Crippen LogP contribution in [0.1, 0.15) is 108 Å². The maximum Gasteiger partial charge on any atom is 0.302 e. The topological polar surface area (TPSA) is 185 Å². The minimum Gasteiger partial charge on any atom is -0.504 e. The van der Waals surface area contributed by atoms with Gasteiger partial charge in [0.25, 0.3) is 0 Å². The van der Waals surface area contributed by atoms with Gasteiger partial charge >= 0.3 is 5.97 Å². The van der Waals surface area contributed by atoms with E-state index in [0.29, 0.717) is 61.3 Å². The van der Waals surface area contributed by atoms with Crippen LogP contribution in [0.5, 0.6) is 11.5 Å². The second-order valence-electron chi connectivity index (χ2n) is 19.1. The van der Waals surface area contributed by atoms with Crippen LogP contribution in [0, 0.1) is 40.9 Å². The maximum atomic E-state index is 12.8. The minimum atomic E-state index is -0.995. The van der Waals surface area contributed by atoms with Gasteiger partial charge in [0.15, 0.2) is 17.5 Å². The number of guanidine groups is 1. The van der Waals surface area contributed by atoms with E-state index in [1.807, 2.05) is 6.07 Å². The van der Waals surface area contributed by atoms with Crippen molar-refractivity contribution in [3.8, 4) is 23.3 Å². The fourth-order valence-electron chi connectivity index (χ4n) is 11.9. The van der Waals surface area contributed by atoms with Crippen LogP contribution in [-0.2, 0) is 22.6 Å². The van der Waals surface area contributed by atoms with Gasteiger partial charge in [0.05, 0.1) is 36.4 Å². The number of hydrogen-bond acceptors (Lipinski definition) is 13. The monoisotopic (exact) mass is 805 g/mol. The van der Waals surface area contributed by atoms with E-state index in [1.165, 1.54) is 19.8 Å². The largest absolute Gasteiger partial charge is 0.504 e. The molecule has 1 aromatic carbocycles. The highest BCUT2D eigenvalue weighted by atomic mass is 16.5. The lowest BCUT2D eigenvalue weighted by atomic mass is 9.72. The number of aliphatic imine (C=N–C) groups is 1. The summed E-state index contributed by atoms with van der Waals surface area (Å²) in [4.78, 5) is 22.9. The van der Waals surface area contributed by atoms with Gasteiger partial charge < -0.3 is 51.2 Å². The van der Waals surface area contributed by atoms with Crippen LogP contribution >= 0.6 is 0 Å². The summed E-state index contributed by atoms with van der Waals surface area (Å²) in [6.07, 6.45) is 9.79. The zero-order valence-corrected chi connectivity index (χ0v) is 34.5. The first-order valence-corrected chi connectivity index (χ1v) is 22.5. The fraction of sp³-hybridized carbons (Fsp3) is 0.778. The Kier molecular flexibility index (Phi) is 12.8. The number of hydrogen-bond donors (Lipinski definition) is 7. The maximum absolute atomic E-state index is 12.8. The number of aliphatic hydroxyl groups excluding tert-OH is 3. The summed E-state index contributed by atoms with van der Waals surface area (Å²) in [6.45, 7) is 6.47. The zero-order valence-electron chi connectivity index (χ0n) is 34.5. The molecule has 8 bridgehead atoms. The van der Waals surface area contributed by atoms with Gasteiger partial charge in [0, 0.05) is 63.9 Å². The Bertz CT molecular complexity index is 1700. The highest BCUT2D eigenvalue weighted by molar-refractivity contribution is 5.78. The molecule has 8 aliphatic rings. The smallest absolute Gasteiger partial charge is 0.302 e. The van der Waals surface area contributed by atoms with Gasteiger partial charge in [-0.25, -0.2) is 0 Å². The number of esters is 1. The first-order valence-electron chi connectivity index (χ1n) is 22.5. The van der Waals surface area contributed by atoms with E-state index in [4.69, 9.17) is 20.2 Å². The molecule has 2 aliphatic carbocycles. The third-order valence-electron chi connectivity index (χ3n) is 14.9. The molecule has 13 nitrogen and oxygen atoms in total. The van der Waals surface area contributed by atoms with E-state index in [9.17, 15) is 25.2 Å². The predicted molar refractivity (Wildman–Crippen MR) is 221 cm³/mol. The van der Waals surface area contributed by atoms with Crippen LogP contribution in [-0.4, -0.2) is 124 Å². The van der Waals surface area contributed by atoms with E-state index in [2.05, 4.69) is 32.3 Å². The van der Waals surface area contributed by atoms with Crippen LogP contribution < -0.4 is 21.1 Å². The number of fused-ring (bicyclic) bond motifs is 8. The lowest BCUT2D eigenvalue weighted by Gasteiger charge is -2.54. The number of aromatic hydroxyl groups is 1. The molecule has 4 fully saturated rings. The molecule has 9 rings (SSSR count). The molecule has 10 unspecified atom stereocenters. The number of nitrogens with two attached hydrogens (primary N) is 1. The number of phenolic OH excluding ortho intramolecular Hbond substituents is 1. The first kappa shape index (κ1) is 41.6. The van der Waals surface area contributed by atoms with Crippen LogP contribution in [0.2, 0.25) is 0 Å². The number of aliphatic hydroxyl groups is 3. The molecule has 1 saturated carbocycles. The Labute approximate surface area is 344 Å². The summed E-state index contributed by atoms with van der Waals surface area (Å²) in [5, 5.41) is 53.5. The molecule has 0 amide bonds. The highest BCUT2D eigenvalue weighted by Gasteiger charge is 2.47. The fourth-order valence-corrected chi connectivity index (χ4v) is 11.9. The molecular formula is C45H68N6O7. The highest BCUT2D eigenvalue weighted by Crippen LogP contribution is 2.42. The van der Waals surface area contributed by atoms with E-state index >= 15 is 0 Å². The molecule has 8 N–H and O–H groups in total. The van der Waals surface area contributed by atoms with Crippen LogP contribution in [0.4, 0.5) is 0 Å². The van der Waals surface area contributed by atoms with Gasteiger partial charge in [0.2, 0.25) is 0 Å². The molecule has 0 radical (unpaired) electrons. The van der Waals surface area contributed by atoms with Crippen molar-refractivity contribution in [1.82, 2.24) is 20.4 Å². The van der Waals surface area contributed by atoms with Gasteiger partial charge in [0.1, 0.15) is 12.2 Å². The average molecular weight is 805 g/mol. The van der Waals surface area contributed by atoms with Crippen LogP contribution in [0.15, 0.2) is 17.1 Å². The number of nitrogens with zero attached hydrogens (tertiary/aromatic N) is 3. The molecule has 10 atom stereocenters. The second-order valence-corrected chi connectivity index (χ2v) is 19.1. The van der Waals surface area contributed by atoms with Gasteiger partial charge in [-0.3, -0.25) is 14.7 Å². The number of nitrogens with one attached hydrogen (secondary N) is 2. The van der Waals surface area contributed by atoms with Gasteiger partial charge in [-0.2, -0.15) is 0 Å². The normalized spacial score (nSPS) is 39.2. The van der Waals surface area contributed by atoms with E-state index in [0.717, 1.165) is 89.7 Å². The number of carbonyl (C=O) groups is 1. The summed E-state index contributed by atoms with van der Waals surface area (Å²) in [6, 6.07) is 3.64. The SMILES string of the molecule is CC(=O)OC1CC(O)CCC2(C#CC3CCCC4CC(CCN4)Oc4cc(c(CO)cc4O)CC31)CN=C(N)NC1(CCCCC1)N1CC3CC(CN(C3)CC2O)C1. The second kappa shape index (κ2) is 17.8. The predicted octanol–water partition coefficient (Wildman–Crippen LogP) is 3.00. The van der Waals surface area contributed by atoms with Crippen molar-refractivity contribution in [1.29, 1.82) is 0 Å². The van der Waals surface area contributed by atoms with Crippen molar-refractivity contribution >= 4 is 11.9 Å². The van der Waals surface area contributed by atoms with Crippen molar-refractivity contribution < 1.29 is 34.7 Å². The summed E-state index contributed by atoms with van der Waals surface area (Å²) in [5.74, 6) is 8.13. The number of phenols is 1. The van der Waals surface area contributed by atoms with Crippen molar-refractivity contribution in [2.24, 2.45) is 39.8 Å². The average Bonchev–Trinajstić information content (AvgIpc) is 3.20. The number of rotatable bonds is 2. The Morgan fingerprint density at radius 3 is 2.55 bits per heavy atom. The molecule has 58 heavy (non-hydrogen) atoms. The molecule has 6 aliphatic heterocycles. The Morgan fingerprint density at radius 1 is 1.00 bits per heavy atom. The molecule has 6 heterocycles. The summed E-state index contributed by atoms with van der Waals surface area (Å²) >= 11 is 0. The lowest BCUT2D eigenvalue weighted by Crippen LogP contribution is -2.67. The van der Waals surface area contributed by atoms with Crippen LogP contribution in [0.3, 0.4) is 0 Å². The van der Waals surface area contributed by atoms with Gasteiger partial charge in [-0.05, 0) is 119 Å². The molecule has 320 valence electrons. The van der Waals surface area contributed by atoms with Crippen molar-refractivity contribution in [2.75, 3.05) is 45.8 Å². The minimum absolute atomic E-state index is 0.0145. The lowest BCUT2D eigenvalue weighted by molar-refractivity contribution is -0.152. The first-order chi connectivity index (χ1) is 28.0. The molecule has 2 spiro atoms. The Balaban J connectivity index is 1.21. The molecule has 0 aromatic heterocycles. The molecule has 3 saturated heterocycles. The van der Waals surface area contributed by atoms with E-state index in [1.54, 1.807) is 6.07 Å². The number of ether oxygens (including phenoxy) is 2. The van der Waals surface area contributed by atoms with Gasteiger partial charge in [-0.15, -0.1) is 0 Å². The molecule has 13 heteroatoms. The van der Waals surface area contributed by atoms with Crippen molar-refractivity contribution in [3.05, 3.63) is 23.3 Å². The Morgan fingerprint density at radius 2 is 1.79 bits per heavy atom. The van der Waals surface area contributed by atoms with Crippen molar-refractivity contribution in [2.45, 2.75) is 146 Å². The number of carbonyl (C=O) groups excluding carboxylic acids is 1. The Hall–Kier alpha value is -3.12. The third-order valence-corrected chi connectivity index (χ3v) is 14.9. The summed E-state index contributed by atoms with van der Waals surface area (Å²) in [5.41, 5.74) is 7.00. The zero-order chi connectivity index (χ0) is 40.4. The number of benzene rings is 1. The summed E-state index contributed by atoms with van der Waals surface area (Å²) < 4.78 is 12.6. The third kappa shape index (κ3) is 9.27. The standard InChI is InChI=1S/C45H68N6O7/c1-29(53)57-40-21-36(54)9-14-44(28-48-43(46)49-45(11-3-2-4-12-45)51-24-30-16-31(25-51)23-50(22-30)26-42(44)56)13-8-32-6-5-7-35-20-37(10-15-47-35)58-41-19-33(17-38(32)40)34(27-52)18-39(41)55/h18-19,30-32,35-38,40,42,47,52,54-56H,2-7,9-12,14-17,20-28H2,1H3,(H3,46,48,49). The van der Waals surface area contributed by atoms with E-state index < -0.39 is 29.7 Å². The molecule has 1 aromatic rings. The van der Waals surface area contributed by atoms with Gasteiger partial charge in [-0.1, -0.05) is 24.7 Å². The molecular weight excluding hydrogens is 737 g/mol. The van der Waals surface area contributed by atoms with Crippen molar-refractivity contribution in [3.63, 3.8) is 0 Å².